The van der Waals surface area contributed by atoms with E-state index in [-0.39, 0.29) is 11.8 Å². The number of amides is 1. The maximum Gasteiger partial charge on any atom is 0.222 e. The Kier molecular flexibility index (Phi) is 4.39. The molecule has 1 atom stereocenters. The van der Waals surface area contributed by atoms with E-state index in [9.17, 15) is 4.79 Å². The van der Waals surface area contributed by atoms with Crippen LogP contribution in [-0.2, 0) is 4.79 Å². The van der Waals surface area contributed by atoms with Crippen molar-refractivity contribution in [2.45, 2.75) is 39.2 Å². The number of nitrogens with one attached hydrogen (secondary N) is 1. The molecule has 3 heteroatoms. The first kappa shape index (κ1) is 11.5. The summed E-state index contributed by atoms with van der Waals surface area (Å²) in [7, 11) is 1.73. The SMILES string of the molecule is CNC(=O)C1CCCN(C(C)C)CC1. The highest BCUT2D eigenvalue weighted by Crippen LogP contribution is 2.18. The zero-order valence-corrected chi connectivity index (χ0v) is 9.55. The third kappa shape index (κ3) is 2.98. The van der Waals surface area contributed by atoms with Crippen molar-refractivity contribution < 1.29 is 4.79 Å². The first-order chi connectivity index (χ1) is 6.65. The summed E-state index contributed by atoms with van der Waals surface area (Å²) in [4.78, 5) is 13.9. The van der Waals surface area contributed by atoms with Crippen LogP contribution in [0.2, 0.25) is 0 Å². The molecule has 82 valence electrons. The zero-order chi connectivity index (χ0) is 10.6. The van der Waals surface area contributed by atoms with E-state index in [0.29, 0.717) is 6.04 Å². The molecule has 3 nitrogen and oxygen atoms in total. The summed E-state index contributed by atoms with van der Waals surface area (Å²) in [6.45, 7) is 6.65. The lowest BCUT2D eigenvalue weighted by molar-refractivity contribution is -0.124. The van der Waals surface area contributed by atoms with Crippen molar-refractivity contribution in [3.05, 3.63) is 0 Å². The van der Waals surface area contributed by atoms with Gasteiger partial charge in [-0.15, -0.1) is 0 Å². The Hall–Kier alpha value is -0.570. The van der Waals surface area contributed by atoms with Crippen LogP contribution in [0.5, 0.6) is 0 Å². The predicted molar refractivity (Wildman–Crippen MR) is 58.1 cm³/mol. The first-order valence-electron chi connectivity index (χ1n) is 5.60. The van der Waals surface area contributed by atoms with Gasteiger partial charge in [0.15, 0.2) is 0 Å². The standard InChI is InChI=1S/C11H22N2O/c1-9(2)13-7-4-5-10(6-8-13)11(14)12-3/h9-10H,4-8H2,1-3H3,(H,12,14). The van der Waals surface area contributed by atoms with Gasteiger partial charge in [0.2, 0.25) is 5.91 Å². The Morgan fingerprint density at radius 1 is 1.36 bits per heavy atom. The van der Waals surface area contributed by atoms with Crippen molar-refractivity contribution >= 4 is 5.91 Å². The Morgan fingerprint density at radius 2 is 2.07 bits per heavy atom. The van der Waals surface area contributed by atoms with Gasteiger partial charge in [-0.3, -0.25) is 4.79 Å². The summed E-state index contributed by atoms with van der Waals surface area (Å²) in [5, 5.41) is 2.75. The van der Waals surface area contributed by atoms with E-state index in [1.54, 1.807) is 7.05 Å². The maximum absolute atomic E-state index is 11.5. The second kappa shape index (κ2) is 5.35. The minimum atomic E-state index is 0.218. The molecule has 0 saturated carbocycles. The third-order valence-corrected chi connectivity index (χ3v) is 3.11. The van der Waals surface area contributed by atoms with Crippen molar-refractivity contribution in [1.82, 2.24) is 10.2 Å². The smallest absolute Gasteiger partial charge is 0.222 e. The van der Waals surface area contributed by atoms with E-state index in [2.05, 4.69) is 24.1 Å². The number of likely N-dealkylation sites (tertiary alicyclic amines) is 1. The van der Waals surface area contributed by atoms with Gasteiger partial charge in [0, 0.05) is 19.0 Å². The van der Waals surface area contributed by atoms with Crippen molar-refractivity contribution in [3.8, 4) is 0 Å². The number of hydrogen-bond acceptors (Lipinski definition) is 2. The maximum atomic E-state index is 11.5. The molecule has 1 rings (SSSR count). The minimum Gasteiger partial charge on any atom is -0.359 e. The quantitative estimate of drug-likeness (QED) is 0.724. The molecule has 1 aliphatic rings. The van der Waals surface area contributed by atoms with Gasteiger partial charge >= 0.3 is 0 Å². The molecular formula is C11H22N2O. The van der Waals surface area contributed by atoms with E-state index in [1.165, 1.54) is 0 Å². The number of carbonyl (C=O) groups is 1. The largest absolute Gasteiger partial charge is 0.359 e. The number of hydrogen-bond donors (Lipinski definition) is 1. The van der Waals surface area contributed by atoms with Crippen LogP contribution >= 0.6 is 0 Å². The monoisotopic (exact) mass is 198 g/mol. The molecule has 0 aliphatic carbocycles. The van der Waals surface area contributed by atoms with Crippen molar-refractivity contribution in [2.75, 3.05) is 20.1 Å². The summed E-state index contributed by atoms with van der Waals surface area (Å²) in [5.74, 6) is 0.458. The van der Waals surface area contributed by atoms with Gasteiger partial charge < -0.3 is 10.2 Å². The summed E-state index contributed by atoms with van der Waals surface area (Å²) >= 11 is 0. The van der Waals surface area contributed by atoms with Crippen LogP contribution in [0.3, 0.4) is 0 Å². The van der Waals surface area contributed by atoms with Crippen LogP contribution in [-0.4, -0.2) is 37.0 Å². The van der Waals surface area contributed by atoms with Gasteiger partial charge in [0.05, 0.1) is 0 Å². The van der Waals surface area contributed by atoms with Gasteiger partial charge in [0.25, 0.3) is 0 Å². The molecule has 0 radical (unpaired) electrons. The Labute approximate surface area is 86.9 Å². The summed E-state index contributed by atoms with van der Waals surface area (Å²) < 4.78 is 0. The van der Waals surface area contributed by atoms with Gasteiger partial charge in [-0.05, 0) is 46.2 Å². The fourth-order valence-electron chi connectivity index (χ4n) is 2.10. The Balaban J connectivity index is 2.44. The molecule has 0 aromatic carbocycles. The number of carbonyl (C=O) groups excluding carboxylic acids is 1. The van der Waals surface area contributed by atoms with E-state index in [4.69, 9.17) is 0 Å². The Bertz CT molecular complexity index is 192. The lowest BCUT2D eigenvalue weighted by Crippen LogP contribution is -2.32. The van der Waals surface area contributed by atoms with Gasteiger partial charge in [-0.25, -0.2) is 0 Å². The molecule has 1 saturated heterocycles. The lowest BCUT2D eigenvalue weighted by atomic mass is 10.00. The molecule has 1 unspecified atom stereocenters. The highest BCUT2D eigenvalue weighted by Gasteiger charge is 2.22. The normalized spacial score (nSPS) is 24.7. The van der Waals surface area contributed by atoms with Crippen LogP contribution in [0.1, 0.15) is 33.1 Å². The number of rotatable bonds is 2. The number of nitrogens with zero attached hydrogens (tertiary/aromatic N) is 1. The highest BCUT2D eigenvalue weighted by molar-refractivity contribution is 5.78. The molecule has 0 bridgehead atoms. The molecule has 1 aliphatic heterocycles. The third-order valence-electron chi connectivity index (χ3n) is 3.11. The predicted octanol–water partition coefficient (Wildman–Crippen LogP) is 1.24. The molecule has 0 spiro atoms. The average molecular weight is 198 g/mol. The van der Waals surface area contributed by atoms with Crippen LogP contribution < -0.4 is 5.32 Å². The second-order valence-corrected chi connectivity index (χ2v) is 4.37. The average Bonchev–Trinajstić information content (AvgIpc) is 2.41. The molecule has 0 aromatic heterocycles. The van der Waals surface area contributed by atoms with Crippen LogP contribution in [0.25, 0.3) is 0 Å². The molecule has 0 aromatic rings. The van der Waals surface area contributed by atoms with E-state index in [0.717, 1.165) is 32.4 Å². The fraction of sp³-hybridized carbons (Fsp3) is 0.909. The van der Waals surface area contributed by atoms with Gasteiger partial charge in [0.1, 0.15) is 0 Å². The molecular weight excluding hydrogens is 176 g/mol. The van der Waals surface area contributed by atoms with E-state index < -0.39 is 0 Å². The zero-order valence-electron chi connectivity index (χ0n) is 9.55. The topological polar surface area (TPSA) is 32.3 Å². The molecule has 1 amide bonds. The summed E-state index contributed by atoms with van der Waals surface area (Å²) in [6, 6.07) is 0.610. The van der Waals surface area contributed by atoms with Crippen LogP contribution in [0.15, 0.2) is 0 Å². The highest BCUT2D eigenvalue weighted by atomic mass is 16.1. The van der Waals surface area contributed by atoms with Crippen LogP contribution in [0.4, 0.5) is 0 Å². The van der Waals surface area contributed by atoms with Gasteiger partial charge in [-0.2, -0.15) is 0 Å². The molecule has 1 fully saturated rings. The van der Waals surface area contributed by atoms with Gasteiger partial charge in [-0.1, -0.05) is 0 Å². The lowest BCUT2D eigenvalue weighted by Gasteiger charge is -2.24. The van der Waals surface area contributed by atoms with E-state index >= 15 is 0 Å². The molecule has 14 heavy (non-hydrogen) atoms. The second-order valence-electron chi connectivity index (χ2n) is 4.37. The summed E-state index contributed by atoms with van der Waals surface area (Å²) in [6.07, 6.45) is 3.21. The summed E-state index contributed by atoms with van der Waals surface area (Å²) in [5.41, 5.74) is 0. The van der Waals surface area contributed by atoms with Crippen molar-refractivity contribution in [1.29, 1.82) is 0 Å². The van der Waals surface area contributed by atoms with Crippen molar-refractivity contribution in [2.24, 2.45) is 5.92 Å². The fourth-order valence-corrected chi connectivity index (χ4v) is 2.10. The van der Waals surface area contributed by atoms with Crippen LogP contribution in [0, 0.1) is 5.92 Å². The van der Waals surface area contributed by atoms with Crippen molar-refractivity contribution in [3.63, 3.8) is 0 Å². The molecule has 1 N–H and O–H groups in total. The first-order valence-corrected chi connectivity index (χ1v) is 5.60. The minimum absolute atomic E-state index is 0.218. The Morgan fingerprint density at radius 3 is 2.64 bits per heavy atom. The van der Waals surface area contributed by atoms with E-state index in [1.807, 2.05) is 0 Å². The molecule has 1 heterocycles.